The van der Waals surface area contributed by atoms with Gasteiger partial charge in [0.1, 0.15) is 11.8 Å². The van der Waals surface area contributed by atoms with E-state index in [0.717, 1.165) is 11.3 Å². The first-order chi connectivity index (χ1) is 16.2. The zero-order valence-electron chi connectivity index (χ0n) is 19.6. The summed E-state index contributed by atoms with van der Waals surface area (Å²) in [6.07, 6.45) is 1.37. The topological polar surface area (TPSA) is 175 Å². The number of ether oxygens (including phenoxy) is 1. The summed E-state index contributed by atoms with van der Waals surface area (Å²) in [6, 6.07) is 6.55. The lowest BCUT2D eigenvalue weighted by atomic mass is 9.95. The zero-order chi connectivity index (χ0) is 25.5. The summed E-state index contributed by atoms with van der Waals surface area (Å²) in [5.74, 6) is -2.81. The maximum atomic E-state index is 12.6. The van der Waals surface area contributed by atoms with Gasteiger partial charge in [-0.25, -0.2) is 5.48 Å². The summed E-state index contributed by atoms with van der Waals surface area (Å²) in [4.78, 5) is 59.3. The fourth-order valence-corrected chi connectivity index (χ4v) is 3.02. The quantitative estimate of drug-likeness (QED) is 0.147. The van der Waals surface area contributed by atoms with E-state index < -0.39 is 42.1 Å². The molecule has 12 nitrogen and oxygen atoms in total. The molecule has 0 aliphatic carbocycles. The van der Waals surface area contributed by atoms with Gasteiger partial charge in [0.15, 0.2) is 0 Å². The molecule has 0 fully saturated rings. The van der Waals surface area contributed by atoms with Crippen LogP contribution in [-0.2, 0) is 30.4 Å². The molecular formula is C22H33N5O7. The van der Waals surface area contributed by atoms with Gasteiger partial charge < -0.3 is 26.0 Å². The van der Waals surface area contributed by atoms with Crippen molar-refractivity contribution in [1.82, 2.24) is 26.7 Å². The second kappa shape index (κ2) is 15.2. The van der Waals surface area contributed by atoms with Crippen LogP contribution in [0.15, 0.2) is 24.3 Å². The number of likely N-dealkylation sites (N-methyl/N-ethyl adjacent to an activating group) is 1. The number of aryl methyl sites for hydroxylation is 1. The van der Waals surface area contributed by atoms with Gasteiger partial charge in [0.2, 0.25) is 29.5 Å². The highest BCUT2D eigenvalue weighted by atomic mass is 16.5. The fourth-order valence-electron chi connectivity index (χ4n) is 3.02. The Balaban J connectivity index is 2.53. The highest BCUT2D eigenvalue weighted by Crippen LogP contribution is 2.17. The van der Waals surface area contributed by atoms with Crippen molar-refractivity contribution in [2.75, 3.05) is 27.2 Å². The van der Waals surface area contributed by atoms with Crippen LogP contribution in [0.2, 0.25) is 0 Å². The van der Waals surface area contributed by atoms with E-state index in [-0.39, 0.29) is 18.9 Å². The third-order valence-corrected chi connectivity index (χ3v) is 5.00. The van der Waals surface area contributed by atoms with E-state index in [1.165, 1.54) is 19.5 Å². The van der Waals surface area contributed by atoms with Gasteiger partial charge in [0.05, 0.1) is 20.2 Å². The molecule has 1 aromatic carbocycles. The van der Waals surface area contributed by atoms with Gasteiger partial charge in [-0.3, -0.25) is 29.2 Å². The number of carbonyl (C=O) groups is 5. The van der Waals surface area contributed by atoms with Gasteiger partial charge in [-0.05, 0) is 43.9 Å². The van der Waals surface area contributed by atoms with Crippen LogP contribution in [0.5, 0.6) is 5.75 Å². The molecule has 0 bridgehead atoms. The first-order valence-electron chi connectivity index (χ1n) is 10.8. The lowest BCUT2D eigenvalue weighted by Crippen LogP contribution is -2.49. The predicted octanol–water partition coefficient (Wildman–Crippen LogP) is -0.987. The van der Waals surface area contributed by atoms with E-state index in [0.29, 0.717) is 19.3 Å². The number of nitrogens with one attached hydrogen (secondary N) is 5. The Labute approximate surface area is 198 Å². The van der Waals surface area contributed by atoms with Crippen LogP contribution in [0.1, 0.15) is 31.7 Å². The largest absolute Gasteiger partial charge is 0.497 e. The normalized spacial score (nSPS) is 12.0. The van der Waals surface area contributed by atoms with Crippen molar-refractivity contribution in [2.45, 2.75) is 38.6 Å². The highest BCUT2D eigenvalue weighted by molar-refractivity contribution is 5.92. The van der Waals surface area contributed by atoms with E-state index in [1.54, 1.807) is 7.11 Å². The first kappa shape index (κ1) is 28.4. The summed E-state index contributed by atoms with van der Waals surface area (Å²) >= 11 is 0. The summed E-state index contributed by atoms with van der Waals surface area (Å²) in [5.41, 5.74) is 2.55. The lowest BCUT2D eigenvalue weighted by molar-refractivity contribution is -0.135. The number of amides is 5. The summed E-state index contributed by atoms with van der Waals surface area (Å²) in [6.45, 7) is 0.811. The van der Waals surface area contributed by atoms with Gasteiger partial charge in [0.25, 0.3) is 0 Å². The molecule has 0 aromatic heterocycles. The first-order valence-corrected chi connectivity index (χ1v) is 10.8. The van der Waals surface area contributed by atoms with Crippen LogP contribution < -0.4 is 31.5 Å². The molecule has 0 unspecified atom stereocenters. The van der Waals surface area contributed by atoms with E-state index in [2.05, 4.69) is 21.3 Å². The molecule has 0 saturated heterocycles. The molecule has 1 aromatic rings. The highest BCUT2D eigenvalue weighted by Gasteiger charge is 2.23. The monoisotopic (exact) mass is 479 g/mol. The Morgan fingerprint density at radius 2 is 1.56 bits per heavy atom. The predicted molar refractivity (Wildman–Crippen MR) is 122 cm³/mol. The molecule has 1 rings (SSSR count). The summed E-state index contributed by atoms with van der Waals surface area (Å²) < 4.78 is 5.12. The van der Waals surface area contributed by atoms with E-state index >= 15 is 0 Å². The number of methoxy groups -OCH3 is 1. The Morgan fingerprint density at radius 3 is 2.15 bits per heavy atom. The number of hydrogen-bond donors (Lipinski definition) is 6. The minimum atomic E-state index is -0.922. The molecule has 12 heteroatoms. The van der Waals surface area contributed by atoms with Gasteiger partial charge in [-0.2, -0.15) is 0 Å². The Bertz CT molecular complexity index is 845. The number of rotatable bonds is 14. The van der Waals surface area contributed by atoms with Crippen molar-refractivity contribution >= 4 is 29.5 Å². The van der Waals surface area contributed by atoms with E-state index in [4.69, 9.17) is 9.94 Å². The second-order valence-electron chi connectivity index (χ2n) is 7.57. The van der Waals surface area contributed by atoms with E-state index in [9.17, 15) is 24.0 Å². The summed E-state index contributed by atoms with van der Waals surface area (Å²) in [5, 5.41) is 18.4. The molecule has 34 heavy (non-hydrogen) atoms. The van der Waals surface area contributed by atoms with Gasteiger partial charge >= 0.3 is 0 Å². The Kier molecular flexibility index (Phi) is 12.7. The fraction of sp³-hybridized carbons (Fsp3) is 0.500. The molecule has 2 atom stereocenters. The minimum absolute atomic E-state index is 0.225. The van der Waals surface area contributed by atoms with Crippen LogP contribution in [0.4, 0.5) is 0 Å². The van der Waals surface area contributed by atoms with Crippen LogP contribution in [0.25, 0.3) is 0 Å². The minimum Gasteiger partial charge on any atom is -0.497 e. The van der Waals surface area contributed by atoms with Crippen molar-refractivity contribution in [3.63, 3.8) is 0 Å². The summed E-state index contributed by atoms with van der Waals surface area (Å²) in [7, 11) is 3.01. The standard InChI is InChI=1S/C22H33N5O7/c1-14(21(31)24-12-19(29)23-2)26-20(30)13-25-22(32)16(11-18(28)27-33)6-4-5-15-7-9-17(34-3)10-8-15/h7-10,14,16,33H,4-6,11-13H2,1-3H3,(H,23,29)(H,24,31)(H,25,32)(H,26,30)(H,27,28)/t14-,16+/m0/s1. The SMILES string of the molecule is CNC(=O)CNC(=O)[C@H](C)NC(=O)CNC(=O)[C@H](CCCc1ccc(OC)cc1)CC(=O)NO. The van der Waals surface area contributed by atoms with Crippen molar-refractivity contribution < 1.29 is 33.9 Å². The molecule has 188 valence electrons. The molecule has 5 amide bonds. The zero-order valence-corrected chi connectivity index (χ0v) is 19.6. The average Bonchev–Trinajstić information content (AvgIpc) is 2.84. The maximum absolute atomic E-state index is 12.6. The molecule has 0 heterocycles. The maximum Gasteiger partial charge on any atom is 0.244 e. The lowest BCUT2D eigenvalue weighted by Gasteiger charge is -2.17. The number of hydrogen-bond acceptors (Lipinski definition) is 7. The van der Waals surface area contributed by atoms with Crippen LogP contribution in [0.3, 0.4) is 0 Å². The van der Waals surface area contributed by atoms with Gasteiger partial charge in [0, 0.05) is 19.4 Å². The van der Waals surface area contributed by atoms with Crippen molar-refractivity contribution in [3.8, 4) is 5.75 Å². The molecule has 0 radical (unpaired) electrons. The van der Waals surface area contributed by atoms with Crippen LogP contribution in [0, 0.1) is 5.92 Å². The molecule has 0 aliphatic heterocycles. The second-order valence-corrected chi connectivity index (χ2v) is 7.57. The molecule has 6 N–H and O–H groups in total. The molecular weight excluding hydrogens is 446 g/mol. The number of carbonyl (C=O) groups excluding carboxylic acids is 5. The Hall–Kier alpha value is -3.67. The third kappa shape index (κ3) is 10.8. The molecule has 0 aliphatic rings. The number of hydroxylamine groups is 1. The molecule has 0 spiro atoms. The van der Waals surface area contributed by atoms with Gasteiger partial charge in [-0.15, -0.1) is 0 Å². The van der Waals surface area contributed by atoms with Crippen molar-refractivity contribution in [2.24, 2.45) is 5.92 Å². The smallest absolute Gasteiger partial charge is 0.244 e. The van der Waals surface area contributed by atoms with E-state index in [1.807, 2.05) is 24.3 Å². The molecule has 0 saturated carbocycles. The van der Waals surface area contributed by atoms with Crippen molar-refractivity contribution in [1.29, 1.82) is 0 Å². The van der Waals surface area contributed by atoms with Crippen LogP contribution >= 0.6 is 0 Å². The Morgan fingerprint density at radius 1 is 0.941 bits per heavy atom. The van der Waals surface area contributed by atoms with Crippen LogP contribution in [-0.4, -0.2) is 68.0 Å². The third-order valence-electron chi connectivity index (χ3n) is 5.00. The average molecular weight is 480 g/mol. The van der Waals surface area contributed by atoms with Gasteiger partial charge in [-0.1, -0.05) is 12.1 Å². The number of benzene rings is 1. The van der Waals surface area contributed by atoms with Crippen molar-refractivity contribution in [3.05, 3.63) is 29.8 Å².